The first-order chi connectivity index (χ1) is 5.97. The van der Waals surface area contributed by atoms with Crippen LogP contribution >= 0.6 is 11.6 Å². The van der Waals surface area contributed by atoms with E-state index >= 15 is 0 Å². The molecule has 0 fully saturated rings. The Morgan fingerprint density at radius 3 is 2.62 bits per heavy atom. The van der Waals surface area contributed by atoms with Gasteiger partial charge in [-0.3, -0.25) is 0 Å². The molecule has 1 aromatic heterocycles. The third-order valence-corrected chi connectivity index (χ3v) is 1.77. The molecule has 1 heterocycles. The molecular formula is C7H8ClF2NO2. The van der Waals surface area contributed by atoms with Crippen LogP contribution in [0.5, 0.6) is 0 Å². The highest BCUT2D eigenvalue weighted by Crippen LogP contribution is 2.30. The van der Waals surface area contributed by atoms with E-state index in [0.717, 1.165) is 0 Å². The number of rotatable bonds is 3. The summed E-state index contributed by atoms with van der Waals surface area (Å²) in [4.78, 5) is 0. The van der Waals surface area contributed by atoms with Gasteiger partial charge in [-0.2, -0.15) is 0 Å². The van der Waals surface area contributed by atoms with Crippen LogP contribution < -0.4 is 5.73 Å². The SMILES string of the molecule is N[C@@H](c1ccc(Cl)o1)C(F)(F)CO. The topological polar surface area (TPSA) is 59.4 Å². The number of aliphatic hydroxyl groups is 1. The molecule has 0 unspecified atom stereocenters. The molecule has 1 aromatic rings. The number of aliphatic hydroxyl groups excluding tert-OH is 1. The monoisotopic (exact) mass is 211 g/mol. The number of furan rings is 1. The zero-order chi connectivity index (χ0) is 10.1. The summed E-state index contributed by atoms with van der Waals surface area (Å²) in [5.74, 6) is -3.55. The quantitative estimate of drug-likeness (QED) is 0.798. The van der Waals surface area contributed by atoms with E-state index in [0.29, 0.717) is 0 Å². The summed E-state index contributed by atoms with van der Waals surface area (Å²) in [5, 5.41) is 8.31. The predicted octanol–water partition coefficient (Wildman–Crippen LogP) is 1.56. The molecule has 3 nitrogen and oxygen atoms in total. The minimum atomic E-state index is -3.40. The van der Waals surface area contributed by atoms with Crippen molar-refractivity contribution < 1.29 is 18.3 Å². The molecule has 0 aliphatic rings. The van der Waals surface area contributed by atoms with Crippen molar-refractivity contribution in [2.45, 2.75) is 12.0 Å². The summed E-state index contributed by atoms with van der Waals surface area (Å²) in [6.07, 6.45) is 0. The fraction of sp³-hybridized carbons (Fsp3) is 0.429. The first-order valence-electron chi connectivity index (χ1n) is 3.47. The highest BCUT2D eigenvalue weighted by atomic mass is 35.5. The molecule has 74 valence electrons. The second kappa shape index (κ2) is 3.61. The number of hydrogen-bond donors (Lipinski definition) is 2. The van der Waals surface area contributed by atoms with Gasteiger partial charge in [-0.15, -0.1) is 0 Å². The molecule has 0 saturated heterocycles. The van der Waals surface area contributed by atoms with Gasteiger partial charge >= 0.3 is 0 Å². The fourth-order valence-electron chi connectivity index (χ4n) is 0.802. The van der Waals surface area contributed by atoms with Gasteiger partial charge in [0.1, 0.15) is 18.4 Å². The van der Waals surface area contributed by atoms with E-state index in [2.05, 4.69) is 4.42 Å². The highest BCUT2D eigenvalue weighted by Gasteiger charge is 2.39. The normalized spacial score (nSPS) is 14.5. The lowest BCUT2D eigenvalue weighted by molar-refractivity contribution is -0.0754. The largest absolute Gasteiger partial charge is 0.448 e. The maximum atomic E-state index is 12.8. The zero-order valence-electron chi connectivity index (χ0n) is 6.51. The third-order valence-electron chi connectivity index (χ3n) is 1.57. The van der Waals surface area contributed by atoms with Crippen LogP contribution in [0.1, 0.15) is 11.8 Å². The molecule has 0 aliphatic heterocycles. The molecule has 0 bridgehead atoms. The molecule has 0 radical (unpaired) electrons. The average Bonchev–Trinajstić information content (AvgIpc) is 2.50. The highest BCUT2D eigenvalue weighted by molar-refractivity contribution is 6.28. The van der Waals surface area contributed by atoms with Crippen LogP contribution in [-0.4, -0.2) is 17.6 Å². The molecule has 0 amide bonds. The van der Waals surface area contributed by atoms with Gasteiger partial charge in [-0.05, 0) is 23.7 Å². The summed E-state index contributed by atoms with van der Waals surface area (Å²) in [6.45, 7) is -1.33. The summed E-state index contributed by atoms with van der Waals surface area (Å²) in [7, 11) is 0. The van der Waals surface area contributed by atoms with Gasteiger partial charge in [0.05, 0.1) is 0 Å². The number of alkyl halides is 2. The molecule has 13 heavy (non-hydrogen) atoms. The maximum absolute atomic E-state index is 12.8. The number of halogens is 3. The maximum Gasteiger partial charge on any atom is 0.292 e. The number of hydrogen-bond acceptors (Lipinski definition) is 3. The minimum absolute atomic E-state index is 0.0146. The Kier molecular flexibility index (Phi) is 2.90. The van der Waals surface area contributed by atoms with Gasteiger partial charge in [-0.1, -0.05) is 0 Å². The lowest BCUT2D eigenvalue weighted by Gasteiger charge is -2.18. The van der Waals surface area contributed by atoms with Gasteiger partial charge in [0.25, 0.3) is 5.92 Å². The summed E-state index contributed by atoms with van der Waals surface area (Å²) in [6, 6.07) is 0.880. The van der Waals surface area contributed by atoms with Crippen molar-refractivity contribution in [2.24, 2.45) is 5.73 Å². The lowest BCUT2D eigenvalue weighted by atomic mass is 10.1. The Balaban J connectivity index is 2.84. The van der Waals surface area contributed by atoms with E-state index in [1.54, 1.807) is 0 Å². The van der Waals surface area contributed by atoms with Crippen molar-refractivity contribution >= 4 is 11.6 Å². The van der Waals surface area contributed by atoms with E-state index < -0.39 is 18.6 Å². The van der Waals surface area contributed by atoms with Crippen LogP contribution in [0.4, 0.5) is 8.78 Å². The van der Waals surface area contributed by atoms with Crippen molar-refractivity contribution in [3.8, 4) is 0 Å². The summed E-state index contributed by atoms with van der Waals surface area (Å²) in [5.41, 5.74) is 5.13. The van der Waals surface area contributed by atoms with Crippen LogP contribution in [0.15, 0.2) is 16.5 Å². The van der Waals surface area contributed by atoms with Crippen LogP contribution in [-0.2, 0) is 0 Å². The van der Waals surface area contributed by atoms with Gasteiger partial charge in [0.15, 0.2) is 5.22 Å². The Morgan fingerprint density at radius 2 is 2.23 bits per heavy atom. The van der Waals surface area contributed by atoms with Gasteiger partial charge in [-0.25, -0.2) is 8.78 Å². The van der Waals surface area contributed by atoms with Crippen molar-refractivity contribution in [2.75, 3.05) is 6.61 Å². The Bertz CT molecular complexity index is 290. The van der Waals surface area contributed by atoms with Crippen LogP contribution in [0.25, 0.3) is 0 Å². The van der Waals surface area contributed by atoms with E-state index in [4.69, 9.17) is 22.4 Å². The molecule has 0 aromatic carbocycles. The van der Waals surface area contributed by atoms with Gasteiger partial charge in [0, 0.05) is 0 Å². The fourth-order valence-corrected chi connectivity index (χ4v) is 0.954. The van der Waals surface area contributed by atoms with Crippen molar-refractivity contribution in [3.05, 3.63) is 23.1 Å². The second-order valence-electron chi connectivity index (χ2n) is 2.54. The predicted molar refractivity (Wildman–Crippen MR) is 42.7 cm³/mol. The Labute approximate surface area is 78.1 Å². The van der Waals surface area contributed by atoms with Crippen molar-refractivity contribution in [3.63, 3.8) is 0 Å². The summed E-state index contributed by atoms with van der Waals surface area (Å²) < 4.78 is 30.2. The molecule has 6 heteroatoms. The lowest BCUT2D eigenvalue weighted by Crippen LogP contribution is -2.35. The first kappa shape index (κ1) is 10.4. The van der Waals surface area contributed by atoms with E-state index in [1.165, 1.54) is 12.1 Å². The first-order valence-corrected chi connectivity index (χ1v) is 3.84. The standard InChI is InChI=1S/C7H8ClF2NO2/c8-5-2-1-4(13-5)6(11)7(9,10)3-12/h1-2,6,12H,3,11H2/t6-/m0/s1. The van der Waals surface area contributed by atoms with Crippen molar-refractivity contribution in [1.29, 1.82) is 0 Å². The van der Waals surface area contributed by atoms with Gasteiger partial charge < -0.3 is 15.3 Å². The zero-order valence-corrected chi connectivity index (χ0v) is 7.26. The van der Waals surface area contributed by atoms with Crippen molar-refractivity contribution in [1.82, 2.24) is 0 Å². The number of nitrogens with two attached hydrogens (primary N) is 1. The average molecular weight is 212 g/mol. The summed E-state index contributed by atoms with van der Waals surface area (Å²) >= 11 is 5.37. The molecule has 1 rings (SSSR count). The molecule has 0 spiro atoms. The molecule has 1 atom stereocenters. The molecule has 0 aliphatic carbocycles. The van der Waals surface area contributed by atoms with Crippen LogP contribution in [0.3, 0.4) is 0 Å². The van der Waals surface area contributed by atoms with E-state index in [9.17, 15) is 8.78 Å². The van der Waals surface area contributed by atoms with Crippen LogP contribution in [0, 0.1) is 0 Å². The molecular weight excluding hydrogens is 204 g/mol. The van der Waals surface area contributed by atoms with E-state index in [-0.39, 0.29) is 11.0 Å². The van der Waals surface area contributed by atoms with Crippen LogP contribution in [0.2, 0.25) is 5.22 Å². The Morgan fingerprint density at radius 1 is 1.62 bits per heavy atom. The minimum Gasteiger partial charge on any atom is -0.448 e. The third kappa shape index (κ3) is 2.18. The molecule has 3 N–H and O–H groups in total. The smallest absolute Gasteiger partial charge is 0.292 e. The van der Waals surface area contributed by atoms with E-state index in [1.807, 2.05) is 0 Å². The Hall–Kier alpha value is -0.650. The molecule has 0 saturated carbocycles. The second-order valence-corrected chi connectivity index (χ2v) is 2.91. The van der Waals surface area contributed by atoms with Gasteiger partial charge in [0.2, 0.25) is 0 Å².